The molecule has 4 amide bonds. The van der Waals surface area contributed by atoms with E-state index in [9.17, 15) is 14.4 Å². The van der Waals surface area contributed by atoms with Crippen molar-refractivity contribution in [2.24, 2.45) is 0 Å². The van der Waals surface area contributed by atoms with E-state index >= 15 is 0 Å². The highest BCUT2D eigenvalue weighted by atomic mass is 16.6. The van der Waals surface area contributed by atoms with E-state index in [1.807, 2.05) is 27.7 Å². The molecule has 9 nitrogen and oxygen atoms in total. The van der Waals surface area contributed by atoms with Crippen molar-refractivity contribution in [3.63, 3.8) is 0 Å². The first kappa shape index (κ1) is 26.5. The molecule has 0 bridgehead atoms. The first-order valence-electron chi connectivity index (χ1n) is 11.5. The molecule has 0 unspecified atom stereocenters. The zero-order valence-corrected chi connectivity index (χ0v) is 20.2. The fraction of sp³-hybridized carbons (Fsp3) is 0.400. The fourth-order valence-corrected chi connectivity index (χ4v) is 2.87. The summed E-state index contributed by atoms with van der Waals surface area (Å²) < 4.78 is 10.3. The van der Waals surface area contributed by atoms with Crippen molar-refractivity contribution in [1.29, 1.82) is 0 Å². The highest BCUT2D eigenvalue weighted by Crippen LogP contribution is 2.23. The van der Waals surface area contributed by atoms with Crippen molar-refractivity contribution < 1.29 is 23.9 Å². The van der Waals surface area contributed by atoms with Gasteiger partial charge in [-0.3, -0.25) is 10.6 Å². The van der Waals surface area contributed by atoms with Gasteiger partial charge in [0.2, 0.25) is 0 Å². The van der Waals surface area contributed by atoms with Gasteiger partial charge >= 0.3 is 18.2 Å². The van der Waals surface area contributed by atoms with Gasteiger partial charge in [0.15, 0.2) is 0 Å². The van der Waals surface area contributed by atoms with Crippen LogP contribution in [0.25, 0.3) is 0 Å². The van der Waals surface area contributed by atoms with Crippen molar-refractivity contribution in [2.45, 2.75) is 53.4 Å². The molecule has 2 aromatic carbocycles. The Morgan fingerprint density at radius 1 is 0.676 bits per heavy atom. The van der Waals surface area contributed by atoms with Crippen molar-refractivity contribution in [1.82, 2.24) is 0 Å². The predicted octanol–water partition coefficient (Wildman–Crippen LogP) is 6.64. The van der Waals surface area contributed by atoms with E-state index in [0.717, 1.165) is 36.8 Å². The van der Waals surface area contributed by atoms with Gasteiger partial charge in [-0.1, -0.05) is 38.8 Å². The molecular formula is C25H34N4O5. The summed E-state index contributed by atoms with van der Waals surface area (Å²) in [7, 11) is 0. The summed E-state index contributed by atoms with van der Waals surface area (Å²) in [5.41, 5.74) is 3.75. The van der Waals surface area contributed by atoms with Gasteiger partial charge in [0, 0.05) is 22.7 Å². The standard InChI is InChI=1S/C25H34N4O5/c1-5-7-13-33-24(31)28-21-15-19(11-9-17(21)3)26-23(30)27-20-12-10-18(4)22(16-20)29-25(32)34-14-8-6-2/h9-12,15-16H,5-8,13-14H2,1-4H3,(H,28,31)(H,29,32)(H2,26,27,30). The minimum absolute atomic E-state index is 0.353. The second kappa shape index (κ2) is 13.7. The van der Waals surface area contributed by atoms with Crippen LogP contribution in [-0.2, 0) is 9.47 Å². The maximum atomic E-state index is 12.5. The molecule has 0 saturated carbocycles. The normalized spacial score (nSPS) is 10.2. The molecule has 0 fully saturated rings. The van der Waals surface area contributed by atoms with Crippen molar-refractivity contribution in [3.05, 3.63) is 47.5 Å². The first-order chi connectivity index (χ1) is 16.3. The molecule has 0 saturated heterocycles. The lowest BCUT2D eigenvalue weighted by atomic mass is 10.1. The molecule has 0 radical (unpaired) electrons. The first-order valence-corrected chi connectivity index (χ1v) is 11.5. The molecule has 184 valence electrons. The monoisotopic (exact) mass is 470 g/mol. The number of amides is 4. The summed E-state index contributed by atoms with van der Waals surface area (Å²) in [6, 6.07) is 9.88. The lowest BCUT2D eigenvalue weighted by molar-refractivity contribution is 0.159. The van der Waals surface area contributed by atoms with Crippen LogP contribution in [0.15, 0.2) is 36.4 Å². The van der Waals surface area contributed by atoms with E-state index < -0.39 is 18.2 Å². The molecule has 0 aromatic heterocycles. The summed E-state index contributed by atoms with van der Waals surface area (Å²) in [4.78, 5) is 36.4. The van der Waals surface area contributed by atoms with Crippen molar-refractivity contribution in [3.8, 4) is 0 Å². The van der Waals surface area contributed by atoms with Crippen LogP contribution in [0, 0.1) is 13.8 Å². The summed E-state index contributed by atoms with van der Waals surface area (Å²) >= 11 is 0. The molecule has 0 aliphatic carbocycles. The van der Waals surface area contributed by atoms with Gasteiger partial charge in [-0.15, -0.1) is 0 Å². The van der Waals surface area contributed by atoms with Crippen LogP contribution in [0.3, 0.4) is 0 Å². The number of hydrogen-bond acceptors (Lipinski definition) is 5. The van der Waals surface area contributed by atoms with E-state index in [4.69, 9.17) is 9.47 Å². The van der Waals surface area contributed by atoms with Crippen LogP contribution in [-0.4, -0.2) is 31.4 Å². The highest BCUT2D eigenvalue weighted by Gasteiger charge is 2.11. The molecule has 0 heterocycles. The smallest absolute Gasteiger partial charge is 0.411 e. The van der Waals surface area contributed by atoms with Crippen LogP contribution >= 0.6 is 0 Å². The van der Waals surface area contributed by atoms with Gasteiger partial charge in [0.25, 0.3) is 0 Å². The zero-order valence-electron chi connectivity index (χ0n) is 20.2. The van der Waals surface area contributed by atoms with Crippen LogP contribution < -0.4 is 21.3 Å². The summed E-state index contributed by atoms with van der Waals surface area (Å²) in [6.45, 7) is 8.43. The number of nitrogens with one attached hydrogen (secondary N) is 4. The third-order valence-corrected chi connectivity index (χ3v) is 4.93. The van der Waals surface area contributed by atoms with Crippen molar-refractivity contribution in [2.75, 3.05) is 34.5 Å². The topological polar surface area (TPSA) is 118 Å². The number of benzene rings is 2. The molecule has 4 N–H and O–H groups in total. The Hall–Kier alpha value is -3.75. The number of hydrogen-bond donors (Lipinski definition) is 4. The van der Waals surface area contributed by atoms with Crippen molar-refractivity contribution >= 4 is 41.0 Å². The third kappa shape index (κ3) is 9.01. The predicted molar refractivity (Wildman–Crippen MR) is 135 cm³/mol. The second-order valence-corrected chi connectivity index (χ2v) is 7.87. The zero-order chi connectivity index (χ0) is 24.9. The summed E-state index contributed by atoms with van der Waals surface area (Å²) in [5.74, 6) is 0. The van der Waals surface area contributed by atoms with Crippen LogP contribution in [0.4, 0.5) is 37.1 Å². The number of carbonyl (C=O) groups excluding carboxylic acids is 3. The molecule has 0 spiro atoms. The Labute approximate surface area is 200 Å². The molecule has 34 heavy (non-hydrogen) atoms. The fourth-order valence-electron chi connectivity index (χ4n) is 2.87. The minimum Gasteiger partial charge on any atom is -0.449 e. The molecule has 2 rings (SSSR count). The van der Waals surface area contributed by atoms with E-state index in [2.05, 4.69) is 21.3 Å². The van der Waals surface area contributed by atoms with E-state index in [1.165, 1.54) is 0 Å². The average molecular weight is 471 g/mol. The molecule has 9 heteroatoms. The number of urea groups is 1. The Morgan fingerprint density at radius 2 is 1.09 bits per heavy atom. The Balaban J connectivity index is 1.97. The SMILES string of the molecule is CCCCOC(=O)Nc1cc(NC(=O)Nc2ccc(C)c(NC(=O)OCCCC)c2)ccc1C. The second-order valence-electron chi connectivity index (χ2n) is 7.87. The molecular weight excluding hydrogens is 436 g/mol. The van der Waals surface area contributed by atoms with Gasteiger partial charge in [0.1, 0.15) is 0 Å². The van der Waals surface area contributed by atoms with Gasteiger partial charge in [-0.25, -0.2) is 14.4 Å². The number of unbranched alkanes of at least 4 members (excludes halogenated alkanes) is 2. The largest absolute Gasteiger partial charge is 0.449 e. The maximum Gasteiger partial charge on any atom is 0.411 e. The Kier molecular flexibility index (Phi) is 10.7. The Bertz CT molecular complexity index is 916. The number of ether oxygens (including phenoxy) is 2. The lowest BCUT2D eigenvalue weighted by Crippen LogP contribution is -2.20. The van der Waals surface area contributed by atoms with Crippen LogP contribution in [0.5, 0.6) is 0 Å². The lowest BCUT2D eigenvalue weighted by Gasteiger charge is -2.14. The van der Waals surface area contributed by atoms with E-state index in [1.54, 1.807) is 36.4 Å². The van der Waals surface area contributed by atoms with E-state index in [-0.39, 0.29) is 0 Å². The quantitative estimate of drug-likeness (QED) is 0.290. The van der Waals surface area contributed by atoms with Gasteiger partial charge in [-0.05, 0) is 62.1 Å². The van der Waals surface area contributed by atoms with Gasteiger partial charge in [-0.2, -0.15) is 0 Å². The average Bonchev–Trinajstić information content (AvgIpc) is 2.78. The van der Waals surface area contributed by atoms with Crippen LogP contribution in [0.2, 0.25) is 0 Å². The number of carbonyl (C=O) groups is 3. The van der Waals surface area contributed by atoms with E-state index in [0.29, 0.717) is 36.0 Å². The highest BCUT2D eigenvalue weighted by molar-refractivity contribution is 6.01. The molecule has 0 aliphatic rings. The third-order valence-electron chi connectivity index (χ3n) is 4.93. The number of rotatable bonds is 10. The maximum absolute atomic E-state index is 12.5. The molecule has 0 aliphatic heterocycles. The summed E-state index contributed by atoms with van der Waals surface area (Å²) in [5, 5.41) is 10.9. The number of anilines is 4. The molecule has 0 atom stereocenters. The number of aryl methyl sites for hydroxylation is 2. The molecule has 2 aromatic rings. The Morgan fingerprint density at radius 3 is 1.47 bits per heavy atom. The minimum atomic E-state index is -0.536. The summed E-state index contributed by atoms with van der Waals surface area (Å²) in [6.07, 6.45) is 2.39. The van der Waals surface area contributed by atoms with Gasteiger partial charge in [0.05, 0.1) is 13.2 Å². The van der Waals surface area contributed by atoms with Gasteiger partial charge < -0.3 is 20.1 Å². The van der Waals surface area contributed by atoms with Crippen LogP contribution in [0.1, 0.15) is 50.7 Å².